The molecule has 2 heterocycles. The third kappa shape index (κ3) is 3.88. The van der Waals surface area contributed by atoms with Gasteiger partial charge in [-0.2, -0.15) is 5.26 Å². The monoisotopic (exact) mass is 429 g/mol. The van der Waals surface area contributed by atoms with Crippen LogP contribution in [-0.2, 0) is 4.79 Å². The number of amides is 1. The molecule has 1 aliphatic rings. The quantitative estimate of drug-likeness (QED) is 0.569. The molecule has 0 radical (unpaired) electrons. The number of nitrogens with one attached hydrogen (secondary N) is 2. The van der Waals surface area contributed by atoms with Crippen molar-refractivity contribution < 1.29 is 14.3 Å². The number of benzene rings is 2. The number of nitrogens with zero attached hydrogens (tertiary/aromatic N) is 2. The van der Waals surface area contributed by atoms with E-state index in [0.29, 0.717) is 28.4 Å². The molecule has 4 rings (SSSR count). The Balaban J connectivity index is 1.59. The zero-order chi connectivity index (χ0) is 22.8. The van der Waals surface area contributed by atoms with Crippen LogP contribution in [0.15, 0.2) is 53.9 Å². The summed E-state index contributed by atoms with van der Waals surface area (Å²) in [6, 6.07) is 15.1. The maximum Gasteiger partial charge on any atom is 0.262 e. The maximum atomic E-state index is 12.5. The first-order valence-electron chi connectivity index (χ1n) is 10.1. The minimum absolute atomic E-state index is 0.00112. The number of para-hydroxylation sites is 1. The Morgan fingerprint density at radius 2 is 2.03 bits per heavy atom. The molecule has 0 spiro atoms. The molecule has 1 unspecified atom stereocenters. The van der Waals surface area contributed by atoms with Crippen molar-refractivity contribution in [1.82, 2.24) is 10.2 Å². The normalized spacial score (nSPS) is 14.9. The highest BCUT2D eigenvalue weighted by Gasteiger charge is 2.35. The lowest BCUT2D eigenvalue weighted by Crippen LogP contribution is -2.23. The third-order valence-corrected chi connectivity index (χ3v) is 5.51. The van der Waals surface area contributed by atoms with Crippen LogP contribution in [0.25, 0.3) is 0 Å². The Hall–Kier alpha value is -4.25. The molecule has 0 saturated carbocycles. The number of aromatic nitrogens is 2. The molecule has 2 aromatic carbocycles. The molecule has 1 atom stereocenters. The lowest BCUT2D eigenvalue weighted by molar-refractivity contribution is -0.118. The summed E-state index contributed by atoms with van der Waals surface area (Å²) >= 11 is 0. The minimum Gasteiger partial charge on any atom is -0.483 e. The molecule has 3 aromatic rings. The number of allylic oxidation sites excluding steroid dienone is 1. The van der Waals surface area contributed by atoms with Gasteiger partial charge in [0.1, 0.15) is 17.4 Å². The topological polar surface area (TPSA) is 126 Å². The van der Waals surface area contributed by atoms with E-state index in [2.05, 4.69) is 21.6 Å². The van der Waals surface area contributed by atoms with Gasteiger partial charge in [-0.25, -0.2) is 0 Å². The summed E-state index contributed by atoms with van der Waals surface area (Å²) < 4.78 is 11.4. The van der Waals surface area contributed by atoms with Crippen LogP contribution >= 0.6 is 0 Å². The van der Waals surface area contributed by atoms with Crippen molar-refractivity contribution in [1.29, 1.82) is 5.26 Å². The van der Waals surface area contributed by atoms with Gasteiger partial charge in [0.05, 0.1) is 5.92 Å². The van der Waals surface area contributed by atoms with Gasteiger partial charge in [-0.05, 0) is 50.1 Å². The number of nitriles is 1. The van der Waals surface area contributed by atoms with E-state index in [1.165, 1.54) is 0 Å². The summed E-state index contributed by atoms with van der Waals surface area (Å²) in [5, 5.41) is 19.6. The van der Waals surface area contributed by atoms with Crippen LogP contribution in [0.4, 0.5) is 5.69 Å². The predicted octanol–water partition coefficient (Wildman–Crippen LogP) is 3.57. The standard InChI is InChI=1S/C24H23N5O3/c1-13-8-9-16(10-14(13)2)27-20(30)12-31-19-7-5-4-6-17(19)22-18(11-25)23(26)32-24-21(22)15(3)28-29-24/h4-10,22H,12,26H2,1-3H3,(H,27,30)(H,28,29). The molecule has 1 amide bonds. The average molecular weight is 429 g/mol. The Labute approximate surface area is 185 Å². The van der Waals surface area contributed by atoms with Gasteiger partial charge in [-0.1, -0.05) is 24.3 Å². The second-order valence-corrected chi connectivity index (χ2v) is 7.67. The molecule has 1 aliphatic heterocycles. The highest BCUT2D eigenvalue weighted by atomic mass is 16.5. The number of aromatic amines is 1. The van der Waals surface area contributed by atoms with Crippen molar-refractivity contribution in [3.05, 3.63) is 81.9 Å². The zero-order valence-electron chi connectivity index (χ0n) is 18.0. The van der Waals surface area contributed by atoms with Crippen molar-refractivity contribution in [2.75, 3.05) is 11.9 Å². The smallest absolute Gasteiger partial charge is 0.262 e. The molecule has 0 aliphatic carbocycles. The second kappa shape index (κ2) is 8.47. The predicted molar refractivity (Wildman–Crippen MR) is 119 cm³/mol. The number of carbonyl (C=O) groups excluding carboxylic acids is 1. The molecule has 32 heavy (non-hydrogen) atoms. The summed E-state index contributed by atoms with van der Waals surface area (Å²) in [4.78, 5) is 12.5. The Morgan fingerprint density at radius 1 is 1.25 bits per heavy atom. The minimum atomic E-state index is -0.526. The number of H-pyrrole nitrogens is 1. The Morgan fingerprint density at radius 3 is 2.78 bits per heavy atom. The molecule has 162 valence electrons. The van der Waals surface area contributed by atoms with Crippen LogP contribution in [0.1, 0.15) is 33.9 Å². The fraction of sp³-hybridized carbons (Fsp3) is 0.208. The van der Waals surface area contributed by atoms with Crippen LogP contribution in [0.5, 0.6) is 11.6 Å². The Bertz CT molecular complexity index is 1270. The highest BCUT2D eigenvalue weighted by molar-refractivity contribution is 5.92. The van der Waals surface area contributed by atoms with E-state index in [4.69, 9.17) is 15.2 Å². The van der Waals surface area contributed by atoms with Gasteiger partial charge in [0.25, 0.3) is 5.91 Å². The van der Waals surface area contributed by atoms with Gasteiger partial charge in [0.2, 0.25) is 11.8 Å². The molecule has 0 fully saturated rings. The largest absolute Gasteiger partial charge is 0.483 e. The number of hydrogen-bond acceptors (Lipinski definition) is 6. The number of anilines is 1. The fourth-order valence-electron chi connectivity index (χ4n) is 3.72. The van der Waals surface area contributed by atoms with E-state index < -0.39 is 5.92 Å². The van der Waals surface area contributed by atoms with Crippen molar-refractivity contribution in [2.24, 2.45) is 5.73 Å². The van der Waals surface area contributed by atoms with Crippen LogP contribution in [-0.4, -0.2) is 22.7 Å². The summed E-state index contributed by atoms with van der Waals surface area (Å²) in [6.45, 7) is 5.66. The maximum absolute atomic E-state index is 12.5. The number of rotatable bonds is 5. The Kier molecular flexibility index (Phi) is 5.56. The lowest BCUT2D eigenvalue weighted by Gasteiger charge is -2.25. The molecular weight excluding hydrogens is 406 g/mol. The lowest BCUT2D eigenvalue weighted by atomic mass is 9.83. The summed E-state index contributed by atoms with van der Waals surface area (Å²) in [5.74, 6) is -0.0147. The molecule has 0 bridgehead atoms. The van der Waals surface area contributed by atoms with Crippen LogP contribution < -0.4 is 20.5 Å². The van der Waals surface area contributed by atoms with Crippen molar-refractivity contribution in [3.63, 3.8) is 0 Å². The van der Waals surface area contributed by atoms with Crippen molar-refractivity contribution in [3.8, 4) is 17.7 Å². The van der Waals surface area contributed by atoms with Gasteiger partial charge >= 0.3 is 0 Å². The molecule has 1 aromatic heterocycles. The summed E-state index contributed by atoms with van der Waals surface area (Å²) in [5.41, 5.74) is 11.4. The van der Waals surface area contributed by atoms with Crippen molar-refractivity contribution in [2.45, 2.75) is 26.7 Å². The third-order valence-electron chi connectivity index (χ3n) is 5.51. The first-order chi connectivity index (χ1) is 15.4. The highest BCUT2D eigenvalue weighted by Crippen LogP contribution is 2.45. The average Bonchev–Trinajstić information content (AvgIpc) is 3.14. The number of aryl methyl sites for hydroxylation is 3. The second-order valence-electron chi connectivity index (χ2n) is 7.67. The van der Waals surface area contributed by atoms with E-state index in [1.807, 2.05) is 57.2 Å². The molecule has 0 saturated heterocycles. The number of fused-ring (bicyclic) bond motifs is 1. The van der Waals surface area contributed by atoms with Gasteiger partial charge in [0.15, 0.2) is 6.61 Å². The number of ether oxygens (including phenoxy) is 2. The van der Waals surface area contributed by atoms with Gasteiger partial charge in [-0.3, -0.25) is 9.89 Å². The van der Waals surface area contributed by atoms with E-state index >= 15 is 0 Å². The van der Waals surface area contributed by atoms with Gasteiger partial charge in [-0.15, -0.1) is 5.10 Å². The first-order valence-corrected chi connectivity index (χ1v) is 10.1. The summed E-state index contributed by atoms with van der Waals surface area (Å²) in [7, 11) is 0. The zero-order valence-corrected chi connectivity index (χ0v) is 18.0. The summed E-state index contributed by atoms with van der Waals surface area (Å²) in [6.07, 6.45) is 0. The van der Waals surface area contributed by atoms with Crippen molar-refractivity contribution >= 4 is 11.6 Å². The van der Waals surface area contributed by atoms with Gasteiger partial charge in [0, 0.05) is 22.5 Å². The molecule has 4 N–H and O–H groups in total. The number of nitrogens with two attached hydrogens (primary N) is 1. The number of carbonyl (C=O) groups is 1. The van der Waals surface area contributed by atoms with E-state index in [-0.39, 0.29) is 24.0 Å². The van der Waals surface area contributed by atoms with Crippen LogP contribution in [0.3, 0.4) is 0 Å². The fourth-order valence-corrected chi connectivity index (χ4v) is 3.72. The number of hydrogen-bond donors (Lipinski definition) is 3. The van der Waals surface area contributed by atoms with E-state index in [1.54, 1.807) is 6.07 Å². The SMILES string of the molecule is Cc1ccc(NC(=O)COc2ccccc2C2C(C#N)=C(N)Oc3n[nH]c(C)c32)cc1C. The van der Waals surface area contributed by atoms with E-state index in [9.17, 15) is 10.1 Å². The molecule has 8 heteroatoms. The molecule has 8 nitrogen and oxygen atoms in total. The first kappa shape index (κ1) is 21.0. The molecular formula is C24H23N5O3. The van der Waals surface area contributed by atoms with E-state index in [0.717, 1.165) is 16.8 Å². The van der Waals surface area contributed by atoms with Gasteiger partial charge < -0.3 is 20.5 Å². The van der Waals surface area contributed by atoms with Crippen LogP contribution in [0.2, 0.25) is 0 Å². The van der Waals surface area contributed by atoms with Crippen LogP contribution in [0, 0.1) is 32.1 Å².